The Morgan fingerprint density at radius 2 is 1.93 bits per heavy atom. The van der Waals surface area contributed by atoms with Crippen LogP contribution in [0.4, 0.5) is 0 Å². The second kappa shape index (κ2) is 7.75. The van der Waals surface area contributed by atoms with Crippen LogP contribution in [-0.2, 0) is 4.79 Å². The fourth-order valence-electron chi connectivity index (χ4n) is 4.02. The molecular formula is C22H28N6O2. The van der Waals surface area contributed by atoms with E-state index in [9.17, 15) is 9.59 Å². The molecule has 0 aliphatic carbocycles. The van der Waals surface area contributed by atoms with Gasteiger partial charge in [-0.05, 0) is 37.3 Å². The van der Waals surface area contributed by atoms with Crippen LogP contribution in [-0.4, -0.2) is 63.4 Å². The maximum Gasteiger partial charge on any atom is 0.257 e. The molecule has 2 aliphatic heterocycles. The van der Waals surface area contributed by atoms with Crippen molar-refractivity contribution in [3.8, 4) is 11.4 Å². The fourth-order valence-corrected chi connectivity index (χ4v) is 4.02. The zero-order chi connectivity index (χ0) is 21.4. The van der Waals surface area contributed by atoms with Gasteiger partial charge in [0.15, 0.2) is 5.82 Å². The summed E-state index contributed by atoms with van der Waals surface area (Å²) >= 11 is 0. The second-order valence-electron chi connectivity index (χ2n) is 9.01. The number of amides is 2. The average Bonchev–Trinajstić information content (AvgIpc) is 2.86. The lowest BCUT2D eigenvalue weighted by Gasteiger charge is -2.40. The van der Waals surface area contributed by atoms with Gasteiger partial charge < -0.3 is 15.5 Å². The molecule has 0 unspecified atom stereocenters. The van der Waals surface area contributed by atoms with Gasteiger partial charge in [0.1, 0.15) is 5.54 Å². The summed E-state index contributed by atoms with van der Waals surface area (Å²) in [5, 5.41) is 6.56. The van der Waals surface area contributed by atoms with Crippen LogP contribution in [0.3, 0.4) is 0 Å². The Bertz CT molecular complexity index is 951. The van der Waals surface area contributed by atoms with Gasteiger partial charge in [-0.25, -0.2) is 9.97 Å². The number of carbonyl (C=O) groups excluding carboxylic acids is 2. The second-order valence-corrected chi connectivity index (χ2v) is 9.01. The number of likely N-dealkylation sites (tertiary alicyclic amines) is 1. The Hall–Kier alpha value is -2.87. The summed E-state index contributed by atoms with van der Waals surface area (Å²) < 4.78 is 0. The Morgan fingerprint density at radius 1 is 1.17 bits per heavy atom. The van der Waals surface area contributed by atoms with Crippen molar-refractivity contribution in [1.82, 2.24) is 30.5 Å². The zero-order valence-corrected chi connectivity index (χ0v) is 17.7. The molecular weight excluding hydrogens is 380 g/mol. The van der Waals surface area contributed by atoms with Gasteiger partial charge in [0.05, 0.1) is 11.3 Å². The highest BCUT2D eigenvalue weighted by Crippen LogP contribution is 2.28. The molecule has 158 valence electrons. The number of nitrogens with zero attached hydrogens (tertiary/aromatic N) is 4. The van der Waals surface area contributed by atoms with Crippen LogP contribution in [0.2, 0.25) is 0 Å². The van der Waals surface area contributed by atoms with Gasteiger partial charge in [0, 0.05) is 50.3 Å². The maximum absolute atomic E-state index is 13.1. The fraction of sp³-hybridized carbons (Fsp3) is 0.500. The van der Waals surface area contributed by atoms with Crippen LogP contribution in [0.1, 0.15) is 42.7 Å². The van der Waals surface area contributed by atoms with Crippen LogP contribution in [0.5, 0.6) is 0 Å². The summed E-state index contributed by atoms with van der Waals surface area (Å²) in [6.45, 7) is 8.55. The number of aryl methyl sites for hydroxylation is 1. The number of aromatic nitrogens is 3. The number of nitrogens with one attached hydrogen (secondary N) is 2. The molecule has 2 aliphatic rings. The van der Waals surface area contributed by atoms with Crippen LogP contribution in [0.25, 0.3) is 11.4 Å². The summed E-state index contributed by atoms with van der Waals surface area (Å²) in [6, 6.07) is 3.72. The maximum atomic E-state index is 13.1. The molecule has 8 heteroatoms. The highest BCUT2D eigenvalue weighted by molar-refractivity contribution is 5.95. The highest BCUT2D eigenvalue weighted by Gasteiger charge is 2.45. The molecule has 2 amide bonds. The number of hydrogen-bond donors (Lipinski definition) is 2. The molecule has 8 nitrogen and oxygen atoms in total. The van der Waals surface area contributed by atoms with Crippen molar-refractivity contribution in [1.29, 1.82) is 0 Å². The number of hydrogen-bond acceptors (Lipinski definition) is 6. The lowest BCUT2D eigenvalue weighted by atomic mass is 9.85. The monoisotopic (exact) mass is 408 g/mol. The lowest BCUT2D eigenvalue weighted by molar-refractivity contribution is -0.128. The van der Waals surface area contributed by atoms with E-state index in [1.165, 1.54) is 0 Å². The van der Waals surface area contributed by atoms with E-state index in [0.29, 0.717) is 49.6 Å². The molecule has 1 spiro atoms. The van der Waals surface area contributed by atoms with Crippen molar-refractivity contribution in [2.45, 2.75) is 39.2 Å². The van der Waals surface area contributed by atoms with E-state index in [-0.39, 0.29) is 17.2 Å². The summed E-state index contributed by atoms with van der Waals surface area (Å²) in [5.74, 6) is 0.506. The van der Waals surface area contributed by atoms with Crippen molar-refractivity contribution in [2.24, 2.45) is 5.41 Å². The minimum atomic E-state index is -0.597. The third-order valence-electron chi connectivity index (χ3n) is 6.10. The van der Waals surface area contributed by atoms with Crippen molar-refractivity contribution in [3.63, 3.8) is 0 Å². The molecule has 0 bridgehead atoms. The van der Waals surface area contributed by atoms with Gasteiger partial charge in [0.25, 0.3) is 5.91 Å². The Kier molecular flexibility index (Phi) is 5.27. The minimum absolute atomic E-state index is 0.0105. The van der Waals surface area contributed by atoms with Crippen LogP contribution < -0.4 is 10.6 Å². The van der Waals surface area contributed by atoms with Gasteiger partial charge in [-0.1, -0.05) is 13.8 Å². The third-order valence-corrected chi connectivity index (χ3v) is 6.10. The summed E-state index contributed by atoms with van der Waals surface area (Å²) in [7, 11) is 0. The van der Waals surface area contributed by atoms with E-state index < -0.39 is 5.54 Å². The van der Waals surface area contributed by atoms with E-state index in [1.807, 2.05) is 19.1 Å². The topological polar surface area (TPSA) is 100 Å². The molecule has 4 rings (SSSR count). The van der Waals surface area contributed by atoms with E-state index in [2.05, 4.69) is 39.4 Å². The predicted molar refractivity (Wildman–Crippen MR) is 113 cm³/mol. The SMILES string of the molecule is Cc1nc(-c2cccnc2)ncc1C(=O)N1CCC2(CC1)NCC(C)(C)CNC2=O. The Morgan fingerprint density at radius 3 is 2.60 bits per heavy atom. The molecule has 0 saturated carbocycles. The number of pyridine rings is 1. The van der Waals surface area contributed by atoms with E-state index in [4.69, 9.17) is 0 Å². The molecule has 2 aromatic heterocycles. The smallest absolute Gasteiger partial charge is 0.257 e. The molecule has 2 fully saturated rings. The van der Waals surface area contributed by atoms with Gasteiger partial charge in [0.2, 0.25) is 5.91 Å². The molecule has 2 saturated heterocycles. The lowest BCUT2D eigenvalue weighted by Crippen LogP contribution is -2.61. The molecule has 4 heterocycles. The first-order chi connectivity index (χ1) is 14.3. The normalized spacial score (nSPS) is 20.5. The largest absolute Gasteiger partial charge is 0.354 e. The van der Waals surface area contributed by atoms with Gasteiger partial charge >= 0.3 is 0 Å². The number of carbonyl (C=O) groups is 2. The van der Waals surface area contributed by atoms with E-state index in [1.54, 1.807) is 23.5 Å². The first-order valence-corrected chi connectivity index (χ1v) is 10.4. The molecule has 30 heavy (non-hydrogen) atoms. The molecule has 0 atom stereocenters. The quantitative estimate of drug-likeness (QED) is 0.782. The highest BCUT2D eigenvalue weighted by atomic mass is 16.2. The summed E-state index contributed by atoms with van der Waals surface area (Å²) in [5.41, 5.74) is 1.36. The molecule has 0 radical (unpaired) electrons. The predicted octanol–water partition coefficient (Wildman–Crippen LogP) is 1.57. The van der Waals surface area contributed by atoms with Crippen LogP contribution in [0, 0.1) is 12.3 Å². The average molecular weight is 409 g/mol. The minimum Gasteiger partial charge on any atom is -0.354 e. The van der Waals surface area contributed by atoms with Crippen molar-refractivity contribution >= 4 is 11.8 Å². The van der Waals surface area contributed by atoms with E-state index in [0.717, 1.165) is 12.1 Å². The van der Waals surface area contributed by atoms with Crippen molar-refractivity contribution in [3.05, 3.63) is 42.0 Å². The summed E-state index contributed by atoms with van der Waals surface area (Å²) in [4.78, 5) is 40.6. The molecule has 2 aromatic rings. The first-order valence-electron chi connectivity index (χ1n) is 10.4. The molecule has 2 N–H and O–H groups in total. The van der Waals surface area contributed by atoms with E-state index >= 15 is 0 Å². The Labute approximate surface area is 176 Å². The molecule has 0 aromatic carbocycles. The third kappa shape index (κ3) is 3.92. The number of piperidine rings is 1. The van der Waals surface area contributed by atoms with Gasteiger partial charge in [-0.3, -0.25) is 14.6 Å². The van der Waals surface area contributed by atoms with Crippen LogP contribution in [0.15, 0.2) is 30.7 Å². The van der Waals surface area contributed by atoms with Crippen LogP contribution >= 0.6 is 0 Å². The van der Waals surface area contributed by atoms with Gasteiger partial charge in [-0.2, -0.15) is 0 Å². The Balaban J connectivity index is 1.46. The zero-order valence-electron chi connectivity index (χ0n) is 17.7. The van der Waals surface area contributed by atoms with Crippen molar-refractivity contribution in [2.75, 3.05) is 26.2 Å². The summed E-state index contributed by atoms with van der Waals surface area (Å²) in [6.07, 6.45) is 6.17. The first kappa shape index (κ1) is 20.4. The number of rotatable bonds is 2. The standard InChI is InChI=1S/C22H28N6O2/c1-15-17(12-24-18(27-15)16-5-4-8-23-11-16)19(29)28-9-6-22(7-10-28)20(30)25-13-21(2,3)14-26-22/h4-5,8,11-12,26H,6-7,9-10,13-14H2,1-3H3,(H,25,30). The van der Waals surface area contributed by atoms with Crippen molar-refractivity contribution < 1.29 is 9.59 Å². The van der Waals surface area contributed by atoms with Gasteiger partial charge in [-0.15, -0.1) is 0 Å².